The first-order valence-electron chi connectivity index (χ1n) is 7.08. The maximum absolute atomic E-state index is 13.7. The molecule has 0 bridgehead atoms. The van der Waals surface area contributed by atoms with Crippen molar-refractivity contribution in [3.8, 4) is 5.75 Å². The van der Waals surface area contributed by atoms with E-state index < -0.39 is 35.2 Å². The third-order valence-electron chi connectivity index (χ3n) is 3.32. The molecule has 0 radical (unpaired) electrons. The Bertz CT molecular complexity index is 741. The molecule has 27 heavy (non-hydrogen) atoms. The number of carbonyl (C=O) groups excluding carboxylic acids is 1. The number of hydrazone groups is 1. The second kappa shape index (κ2) is 7.92. The van der Waals surface area contributed by atoms with Crippen LogP contribution in [0.15, 0.2) is 34.4 Å². The van der Waals surface area contributed by atoms with Gasteiger partial charge in [0.05, 0.1) is 18.5 Å². The summed E-state index contributed by atoms with van der Waals surface area (Å²) in [6.45, 7) is 0.953. The molecule has 0 aliphatic heterocycles. The largest absolute Gasteiger partial charge is 0.497 e. The quantitative estimate of drug-likeness (QED) is 0.428. The average Bonchev–Trinajstić information content (AvgIpc) is 2.60. The highest BCUT2D eigenvalue weighted by Gasteiger charge is 2.76. The zero-order valence-corrected chi connectivity index (χ0v) is 14.2. The van der Waals surface area contributed by atoms with E-state index in [9.17, 15) is 35.5 Å². The fourth-order valence-electron chi connectivity index (χ4n) is 1.66. The lowest BCUT2D eigenvalue weighted by Gasteiger charge is -2.27. The van der Waals surface area contributed by atoms with Gasteiger partial charge in [-0.2, -0.15) is 35.8 Å². The zero-order valence-electron chi connectivity index (χ0n) is 14.2. The summed E-state index contributed by atoms with van der Waals surface area (Å²) in [5.41, 5.74) is 0.303. The van der Waals surface area contributed by atoms with Crippen LogP contribution >= 0.6 is 0 Å². The van der Waals surface area contributed by atoms with Crippen molar-refractivity contribution in [2.24, 2.45) is 10.1 Å². The summed E-state index contributed by atoms with van der Waals surface area (Å²) < 4.78 is 95.3. The highest BCUT2D eigenvalue weighted by molar-refractivity contribution is 6.68. The first kappa shape index (κ1) is 22.4. The van der Waals surface area contributed by atoms with Crippen molar-refractivity contribution in [3.63, 3.8) is 0 Å². The van der Waals surface area contributed by atoms with Crippen LogP contribution in [0.1, 0.15) is 6.92 Å². The number of hydrogen-bond acceptors (Lipinski definition) is 5. The number of nitrogens with one attached hydrogen (secondary N) is 1. The molecule has 0 amide bonds. The maximum Gasteiger partial charge on any atom is 0.460 e. The van der Waals surface area contributed by atoms with Crippen LogP contribution in [0.3, 0.4) is 0 Å². The lowest BCUT2D eigenvalue weighted by molar-refractivity contribution is -0.342. The molecule has 12 heteroatoms. The topological polar surface area (TPSA) is 63.1 Å². The van der Waals surface area contributed by atoms with Gasteiger partial charge < -0.3 is 4.74 Å². The number of nitrogens with zero attached hydrogens (tertiary/aromatic N) is 2. The summed E-state index contributed by atoms with van der Waals surface area (Å²) in [4.78, 5) is 15.1. The van der Waals surface area contributed by atoms with Gasteiger partial charge in [-0.3, -0.25) is 15.2 Å². The normalized spacial score (nSPS) is 14.1. The maximum atomic E-state index is 13.7. The number of aliphatic imine (C=N–C) groups is 1. The molecular formula is C15H14F7N3O2. The monoisotopic (exact) mass is 401 g/mol. The predicted molar refractivity (Wildman–Crippen MR) is 84.0 cm³/mol. The van der Waals surface area contributed by atoms with Gasteiger partial charge in [0.2, 0.25) is 0 Å². The number of anilines is 1. The lowest BCUT2D eigenvalue weighted by Crippen LogP contribution is -2.58. The van der Waals surface area contributed by atoms with E-state index in [4.69, 9.17) is 4.74 Å². The molecule has 0 aliphatic rings. The van der Waals surface area contributed by atoms with E-state index in [2.05, 4.69) is 15.5 Å². The van der Waals surface area contributed by atoms with Crippen LogP contribution in [-0.4, -0.2) is 49.4 Å². The Morgan fingerprint density at radius 1 is 1.04 bits per heavy atom. The summed E-state index contributed by atoms with van der Waals surface area (Å²) in [5, 5.41) is 3.25. The third kappa shape index (κ3) is 4.55. The summed E-state index contributed by atoms with van der Waals surface area (Å²) >= 11 is 0. The molecule has 1 rings (SSSR count). The van der Waals surface area contributed by atoms with Crippen LogP contribution in [-0.2, 0) is 4.79 Å². The number of alkyl halides is 7. The van der Waals surface area contributed by atoms with Gasteiger partial charge in [-0.05, 0) is 31.2 Å². The van der Waals surface area contributed by atoms with E-state index in [-0.39, 0.29) is 5.69 Å². The Kier molecular flexibility index (Phi) is 6.57. The van der Waals surface area contributed by atoms with E-state index in [0.717, 1.165) is 14.0 Å². The van der Waals surface area contributed by atoms with E-state index in [1.54, 1.807) is 0 Å². The highest BCUT2D eigenvalue weighted by Crippen LogP contribution is 2.47. The Morgan fingerprint density at radius 3 is 1.96 bits per heavy atom. The van der Waals surface area contributed by atoms with Crippen molar-refractivity contribution in [1.82, 2.24) is 0 Å². The lowest BCUT2D eigenvalue weighted by atomic mass is 10.0. The van der Waals surface area contributed by atoms with Crippen molar-refractivity contribution in [2.45, 2.75) is 24.9 Å². The molecule has 0 saturated carbocycles. The highest BCUT2D eigenvalue weighted by atomic mass is 19.4. The molecule has 5 nitrogen and oxygen atoms in total. The summed E-state index contributed by atoms with van der Waals surface area (Å²) in [7, 11) is 2.40. The smallest absolute Gasteiger partial charge is 0.460 e. The van der Waals surface area contributed by atoms with Crippen LogP contribution < -0.4 is 10.2 Å². The van der Waals surface area contributed by atoms with E-state index in [1.807, 2.05) is 0 Å². The minimum Gasteiger partial charge on any atom is -0.497 e. The van der Waals surface area contributed by atoms with Crippen molar-refractivity contribution in [3.05, 3.63) is 24.3 Å². The van der Waals surface area contributed by atoms with Gasteiger partial charge in [-0.1, -0.05) is 0 Å². The molecule has 1 aromatic carbocycles. The van der Waals surface area contributed by atoms with E-state index >= 15 is 0 Å². The molecule has 0 atom stereocenters. The van der Waals surface area contributed by atoms with Gasteiger partial charge in [-0.15, -0.1) is 0 Å². The van der Waals surface area contributed by atoms with Gasteiger partial charge in [0.15, 0.2) is 5.71 Å². The molecule has 1 N–H and O–H groups in total. The summed E-state index contributed by atoms with van der Waals surface area (Å²) in [6, 6.07) is 5.52. The number of methoxy groups -OCH3 is 1. The van der Waals surface area contributed by atoms with Crippen LogP contribution in [0.4, 0.5) is 36.4 Å². The van der Waals surface area contributed by atoms with Crippen LogP contribution in [0, 0.1) is 0 Å². The van der Waals surface area contributed by atoms with Crippen molar-refractivity contribution in [2.75, 3.05) is 19.6 Å². The molecule has 0 spiro atoms. The number of Topliss-reactive ketones (excluding diaryl/α,β-unsaturated/α-hetero) is 1. The van der Waals surface area contributed by atoms with E-state index in [0.29, 0.717) is 5.75 Å². The van der Waals surface area contributed by atoms with Crippen LogP contribution in [0.5, 0.6) is 5.75 Å². The first-order valence-corrected chi connectivity index (χ1v) is 7.08. The minimum atomic E-state index is -6.64. The summed E-state index contributed by atoms with van der Waals surface area (Å²) in [6.07, 6.45) is -6.64. The van der Waals surface area contributed by atoms with Crippen molar-refractivity contribution in [1.29, 1.82) is 0 Å². The molecule has 0 saturated heterocycles. The van der Waals surface area contributed by atoms with Crippen LogP contribution in [0.25, 0.3) is 0 Å². The number of ether oxygens (including phenoxy) is 1. The van der Waals surface area contributed by atoms with Gasteiger partial charge in [0, 0.05) is 7.05 Å². The molecule has 0 fully saturated rings. The molecule has 0 heterocycles. The fourth-order valence-corrected chi connectivity index (χ4v) is 1.66. The summed E-state index contributed by atoms with van der Waals surface area (Å²) in [5.74, 6) is -15.1. The zero-order chi connectivity index (χ0) is 21.0. The molecule has 1 aromatic rings. The van der Waals surface area contributed by atoms with Gasteiger partial charge in [0.1, 0.15) is 5.75 Å². The van der Waals surface area contributed by atoms with E-state index in [1.165, 1.54) is 31.4 Å². The number of halogens is 7. The number of carbonyl (C=O) groups is 1. The molecule has 0 aromatic heterocycles. The second-order valence-corrected chi connectivity index (χ2v) is 5.09. The SMILES string of the molecule is CN=C(C)/C(=N/Nc1ccc(OC)cc1)C(=O)C(F)(F)C(F)(F)C(F)(F)F. The Balaban J connectivity index is 3.27. The Morgan fingerprint density at radius 2 is 1.56 bits per heavy atom. The van der Waals surface area contributed by atoms with Crippen molar-refractivity contribution >= 4 is 22.9 Å². The first-order chi connectivity index (χ1) is 12.3. The molecular weight excluding hydrogens is 387 g/mol. The number of rotatable bonds is 7. The second-order valence-electron chi connectivity index (χ2n) is 5.09. The number of ketones is 1. The minimum absolute atomic E-state index is 0.121. The molecule has 0 unspecified atom stereocenters. The Labute approximate surface area is 148 Å². The average molecular weight is 401 g/mol. The van der Waals surface area contributed by atoms with Gasteiger partial charge >= 0.3 is 18.0 Å². The van der Waals surface area contributed by atoms with Gasteiger partial charge in [0.25, 0.3) is 5.78 Å². The standard InChI is InChI=1S/C15H14F7N3O2/c1-8(23-2)11(25-24-9-4-6-10(27-3)7-5-9)12(26)13(16,17)14(18,19)15(20,21)22/h4-7,24H,1-3H3/b23-8?,25-11-. The number of benzene rings is 1. The predicted octanol–water partition coefficient (Wildman–Crippen LogP) is 3.96. The third-order valence-corrected chi connectivity index (χ3v) is 3.32. The van der Waals surface area contributed by atoms with Gasteiger partial charge in [-0.25, -0.2) is 0 Å². The van der Waals surface area contributed by atoms with Crippen LogP contribution in [0.2, 0.25) is 0 Å². The molecule has 150 valence electrons. The number of hydrogen-bond donors (Lipinski definition) is 1. The Hall–Kier alpha value is -2.66. The fraction of sp³-hybridized carbons (Fsp3) is 0.400. The molecule has 0 aliphatic carbocycles. The van der Waals surface area contributed by atoms with Crippen molar-refractivity contribution < 1.29 is 40.3 Å².